The maximum absolute atomic E-state index is 13.0. The number of ether oxygens (including phenoxy) is 1. The molecule has 0 aliphatic carbocycles. The molecule has 0 heterocycles. The van der Waals surface area contributed by atoms with Crippen LogP contribution in [0, 0.1) is 5.82 Å². The Morgan fingerprint density at radius 3 is 2.67 bits per heavy atom. The van der Waals surface area contributed by atoms with E-state index in [1.807, 2.05) is 0 Å². The fourth-order valence-electron chi connectivity index (χ4n) is 1.17. The van der Waals surface area contributed by atoms with E-state index in [9.17, 15) is 13.2 Å². The molecule has 0 aliphatic rings. The largest absolute Gasteiger partial charge is 0.488 e. The van der Waals surface area contributed by atoms with Gasteiger partial charge in [-0.1, -0.05) is 0 Å². The normalized spacial score (nSPS) is 10.7. The van der Waals surface area contributed by atoms with E-state index in [4.69, 9.17) is 4.74 Å². The van der Waals surface area contributed by atoms with Crippen molar-refractivity contribution < 1.29 is 17.9 Å². The van der Waals surface area contributed by atoms with Crippen LogP contribution in [0.2, 0.25) is 0 Å². The molecule has 0 atom stereocenters. The number of halogens is 3. The van der Waals surface area contributed by atoms with Crippen LogP contribution in [0.5, 0.6) is 5.75 Å². The van der Waals surface area contributed by atoms with Gasteiger partial charge in [0.2, 0.25) is 0 Å². The summed E-state index contributed by atoms with van der Waals surface area (Å²) >= 11 is 0. The summed E-state index contributed by atoms with van der Waals surface area (Å²) in [4.78, 5) is 0. The molecule has 5 heteroatoms. The molecule has 1 rings (SSSR count). The second-order valence-corrected chi connectivity index (χ2v) is 3.03. The highest BCUT2D eigenvalue weighted by Crippen LogP contribution is 2.17. The second kappa shape index (κ2) is 5.60. The van der Waals surface area contributed by atoms with E-state index in [0.29, 0.717) is 12.1 Å². The Hall–Kier alpha value is -1.23. The third-order valence-corrected chi connectivity index (χ3v) is 1.69. The fourth-order valence-corrected chi connectivity index (χ4v) is 1.17. The molecule has 0 aromatic heterocycles. The van der Waals surface area contributed by atoms with Gasteiger partial charge in [0.05, 0.1) is 0 Å². The number of benzene rings is 1. The van der Waals surface area contributed by atoms with Gasteiger partial charge < -0.3 is 10.1 Å². The Balaban J connectivity index is 2.70. The summed E-state index contributed by atoms with van der Waals surface area (Å²) < 4.78 is 41.4. The van der Waals surface area contributed by atoms with Crippen molar-refractivity contribution in [2.75, 3.05) is 13.7 Å². The average molecular weight is 219 g/mol. The van der Waals surface area contributed by atoms with Crippen LogP contribution in [0.1, 0.15) is 5.56 Å². The van der Waals surface area contributed by atoms with Crippen LogP contribution in [0.15, 0.2) is 18.2 Å². The maximum atomic E-state index is 13.0. The highest BCUT2D eigenvalue weighted by molar-refractivity contribution is 5.29. The molecule has 0 saturated heterocycles. The van der Waals surface area contributed by atoms with Crippen LogP contribution in [0.25, 0.3) is 0 Å². The van der Waals surface area contributed by atoms with E-state index in [1.165, 1.54) is 12.1 Å². The molecule has 1 aromatic rings. The number of rotatable bonds is 5. The van der Waals surface area contributed by atoms with Gasteiger partial charge in [-0.2, -0.15) is 0 Å². The van der Waals surface area contributed by atoms with Gasteiger partial charge in [0.1, 0.15) is 18.2 Å². The molecule has 0 spiro atoms. The monoisotopic (exact) mass is 219 g/mol. The zero-order valence-corrected chi connectivity index (χ0v) is 8.27. The third kappa shape index (κ3) is 4.20. The molecule has 84 valence electrons. The summed E-state index contributed by atoms with van der Waals surface area (Å²) in [6, 6.07) is 3.94. The summed E-state index contributed by atoms with van der Waals surface area (Å²) in [6.45, 7) is -0.259. The topological polar surface area (TPSA) is 21.3 Å². The van der Waals surface area contributed by atoms with E-state index in [1.54, 1.807) is 7.05 Å². The summed E-state index contributed by atoms with van der Waals surface area (Å²) in [6.07, 6.45) is -2.55. The first-order chi connectivity index (χ1) is 7.11. The van der Waals surface area contributed by atoms with Crippen LogP contribution in [-0.2, 0) is 6.54 Å². The lowest BCUT2D eigenvalue weighted by Gasteiger charge is -2.07. The Morgan fingerprint density at radius 2 is 2.07 bits per heavy atom. The van der Waals surface area contributed by atoms with Crippen molar-refractivity contribution in [2.24, 2.45) is 0 Å². The van der Waals surface area contributed by atoms with Crippen molar-refractivity contribution in [2.45, 2.75) is 13.0 Å². The molecule has 2 nitrogen and oxygen atoms in total. The van der Waals surface area contributed by atoms with Crippen molar-refractivity contribution in [3.8, 4) is 5.75 Å². The molecule has 0 amide bonds. The maximum Gasteiger partial charge on any atom is 0.272 e. The van der Waals surface area contributed by atoms with Crippen molar-refractivity contribution in [3.05, 3.63) is 29.6 Å². The smallest absolute Gasteiger partial charge is 0.272 e. The van der Waals surface area contributed by atoms with Crippen molar-refractivity contribution in [1.82, 2.24) is 5.32 Å². The number of hydrogen-bond donors (Lipinski definition) is 1. The van der Waals surface area contributed by atoms with E-state index < -0.39 is 18.8 Å². The van der Waals surface area contributed by atoms with Gasteiger partial charge in [0.15, 0.2) is 0 Å². The molecule has 0 fully saturated rings. The molecular formula is C10H12F3NO. The molecule has 15 heavy (non-hydrogen) atoms. The van der Waals surface area contributed by atoms with Crippen molar-refractivity contribution in [1.29, 1.82) is 0 Å². The zero-order valence-electron chi connectivity index (χ0n) is 8.27. The highest BCUT2D eigenvalue weighted by Gasteiger charge is 2.05. The van der Waals surface area contributed by atoms with Gasteiger partial charge in [0.25, 0.3) is 6.43 Å². The van der Waals surface area contributed by atoms with E-state index in [2.05, 4.69) is 5.32 Å². The zero-order chi connectivity index (χ0) is 11.3. The van der Waals surface area contributed by atoms with Gasteiger partial charge in [-0.3, -0.25) is 0 Å². The minimum atomic E-state index is -2.55. The first-order valence-corrected chi connectivity index (χ1v) is 4.47. The third-order valence-electron chi connectivity index (χ3n) is 1.69. The Morgan fingerprint density at radius 1 is 1.33 bits per heavy atom. The first-order valence-electron chi connectivity index (χ1n) is 4.47. The SMILES string of the molecule is CNCc1cc(F)cc(OCC(F)F)c1. The summed E-state index contributed by atoms with van der Waals surface area (Å²) in [7, 11) is 1.71. The Labute approximate surface area is 86.1 Å². The predicted molar refractivity (Wildman–Crippen MR) is 50.7 cm³/mol. The molecule has 1 N–H and O–H groups in total. The lowest BCUT2D eigenvalue weighted by atomic mass is 10.2. The van der Waals surface area contributed by atoms with Crippen LogP contribution in [0.3, 0.4) is 0 Å². The van der Waals surface area contributed by atoms with Crippen molar-refractivity contribution >= 4 is 0 Å². The summed E-state index contributed by atoms with van der Waals surface area (Å²) in [5.41, 5.74) is 0.654. The summed E-state index contributed by atoms with van der Waals surface area (Å²) in [5, 5.41) is 2.83. The van der Waals surface area contributed by atoms with Crippen molar-refractivity contribution in [3.63, 3.8) is 0 Å². The van der Waals surface area contributed by atoms with E-state index >= 15 is 0 Å². The number of alkyl halides is 2. The van der Waals surface area contributed by atoms with Gasteiger partial charge in [-0.05, 0) is 24.7 Å². The van der Waals surface area contributed by atoms with Crippen LogP contribution in [-0.4, -0.2) is 20.1 Å². The molecule has 0 radical (unpaired) electrons. The Kier molecular flexibility index (Phi) is 4.42. The first kappa shape index (κ1) is 11.8. The van der Waals surface area contributed by atoms with E-state index in [0.717, 1.165) is 6.07 Å². The Bertz CT molecular complexity index is 318. The summed E-state index contributed by atoms with van der Waals surface area (Å²) in [5.74, 6) is -0.368. The van der Waals surface area contributed by atoms with Crippen LogP contribution < -0.4 is 10.1 Å². The number of hydrogen-bond acceptors (Lipinski definition) is 2. The molecule has 0 aliphatic heterocycles. The highest BCUT2D eigenvalue weighted by atomic mass is 19.3. The van der Waals surface area contributed by atoms with Gasteiger partial charge in [-0.15, -0.1) is 0 Å². The van der Waals surface area contributed by atoms with Crippen LogP contribution >= 0.6 is 0 Å². The van der Waals surface area contributed by atoms with Gasteiger partial charge >= 0.3 is 0 Å². The fraction of sp³-hybridized carbons (Fsp3) is 0.400. The average Bonchev–Trinajstić information content (AvgIpc) is 2.14. The minimum absolute atomic E-state index is 0.126. The predicted octanol–water partition coefficient (Wildman–Crippen LogP) is 2.19. The van der Waals surface area contributed by atoms with Crippen LogP contribution in [0.4, 0.5) is 13.2 Å². The molecule has 0 bridgehead atoms. The lowest BCUT2D eigenvalue weighted by Crippen LogP contribution is -2.09. The van der Waals surface area contributed by atoms with Gasteiger partial charge in [0, 0.05) is 12.6 Å². The number of nitrogens with one attached hydrogen (secondary N) is 1. The quantitative estimate of drug-likeness (QED) is 0.819. The standard InChI is InChI=1S/C10H12F3NO/c1-14-5-7-2-8(11)4-9(3-7)15-6-10(12)13/h2-4,10,14H,5-6H2,1H3. The van der Waals surface area contributed by atoms with E-state index in [-0.39, 0.29) is 5.75 Å². The molecule has 1 aromatic carbocycles. The second-order valence-electron chi connectivity index (χ2n) is 3.03. The molecule has 0 unspecified atom stereocenters. The minimum Gasteiger partial charge on any atom is -0.488 e. The van der Waals surface area contributed by atoms with Gasteiger partial charge in [-0.25, -0.2) is 13.2 Å². The molecular weight excluding hydrogens is 207 g/mol. The lowest BCUT2D eigenvalue weighted by molar-refractivity contribution is 0.0817. The molecule has 0 saturated carbocycles.